The minimum Gasteiger partial charge on any atom is -0.484 e. The Morgan fingerprint density at radius 3 is 2.45 bits per heavy atom. The maximum atomic E-state index is 13.7. The van der Waals surface area contributed by atoms with E-state index in [0.29, 0.717) is 47.8 Å². The number of carbonyl (C=O) groups is 3. The van der Waals surface area contributed by atoms with E-state index in [4.69, 9.17) is 21.1 Å². The van der Waals surface area contributed by atoms with Crippen molar-refractivity contribution in [3.63, 3.8) is 0 Å². The topological polar surface area (TPSA) is 109 Å². The number of nitrogens with zero attached hydrogens (tertiary/aromatic N) is 2. The van der Waals surface area contributed by atoms with Gasteiger partial charge in [-0.25, -0.2) is 4.90 Å². The molecule has 12 heteroatoms. The normalized spacial score (nSPS) is 22.8. The fraction of sp³-hybridized carbons (Fsp3) is 0.308. The monoisotopic (exact) mass is 571 g/mol. The van der Waals surface area contributed by atoms with Gasteiger partial charge in [0.2, 0.25) is 11.8 Å². The summed E-state index contributed by atoms with van der Waals surface area (Å²) in [6, 6.07) is 13.7. The first-order chi connectivity index (χ1) is 18.4. The van der Waals surface area contributed by atoms with Crippen molar-refractivity contribution >= 4 is 58.1 Å². The Hall–Kier alpha value is -3.12. The molecule has 0 bridgehead atoms. The van der Waals surface area contributed by atoms with E-state index < -0.39 is 17.1 Å². The Balaban J connectivity index is 1.27. The number of hydrogen-bond donors (Lipinski definition) is 1. The highest BCUT2D eigenvalue weighted by Gasteiger charge is 2.56. The lowest BCUT2D eigenvalue weighted by Crippen LogP contribution is -2.42. The SMILES string of the molecule is O=C(COc1ccc([C@@H]2c3sc(=O)[nH]c3S[C@H]3C(=O)N(c4ccc(Cl)cc4)C(=O)[C@@H]23)cc1)N1CCOCC1. The van der Waals surface area contributed by atoms with Gasteiger partial charge in [-0.15, -0.1) is 0 Å². The largest absolute Gasteiger partial charge is 0.484 e. The summed E-state index contributed by atoms with van der Waals surface area (Å²) in [5.74, 6) is -1.41. The molecule has 0 aliphatic carbocycles. The molecule has 3 amide bonds. The number of imide groups is 1. The Labute approximate surface area is 230 Å². The van der Waals surface area contributed by atoms with E-state index in [0.717, 1.165) is 21.8 Å². The molecular formula is C26H22ClN3O6S2. The molecule has 2 saturated heterocycles. The zero-order valence-electron chi connectivity index (χ0n) is 19.9. The maximum Gasteiger partial charge on any atom is 0.305 e. The number of ether oxygens (including phenoxy) is 2. The molecule has 3 aliphatic heterocycles. The van der Waals surface area contributed by atoms with E-state index in [2.05, 4.69) is 4.98 Å². The summed E-state index contributed by atoms with van der Waals surface area (Å²) in [6.07, 6.45) is 0. The van der Waals surface area contributed by atoms with E-state index >= 15 is 0 Å². The van der Waals surface area contributed by atoms with E-state index in [1.54, 1.807) is 41.3 Å². The van der Waals surface area contributed by atoms with Crippen LogP contribution in [0.5, 0.6) is 5.75 Å². The molecule has 1 N–H and O–H groups in total. The Bertz CT molecular complexity index is 1450. The predicted molar refractivity (Wildman–Crippen MR) is 143 cm³/mol. The molecule has 3 atom stereocenters. The number of carbonyl (C=O) groups excluding carboxylic acids is 3. The molecule has 3 aliphatic rings. The smallest absolute Gasteiger partial charge is 0.305 e. The fourth-order valence-corrected chi connectivity index (χ4v) is 7.68. The van der Waals surface area contributed by atoms with Gasteiger partial charge in [-0.05, 0) is 42.0 Å². The average Bonchev–Trinajstić information content (AvgIpc) is 3.43. The zero-order valence-corrected chi connectivity index (χ0v) is 22.3. The number of thioether (sulfide) groups is 1. The van der Waals surface area contributed by atoms with E-state index in [9.17, 15) is 19.2 Å². The molecule has 2 aromatic carbocycles. The summed E-state index contributed by atoms with van der Waals surface area (Å²) in [5.41, 5.74) is 1.24. The summed E-state index contributed by atoms with van der Waals surface area (Å²) in [6.45, 7) is 2.05. The van der Waals surface area contributed by atoms with Crippen LogP contribution < -0.4 is 14.5 Å². The number of thiazole rings is 1. The number of morpholine rings is 1. The van der Waals surface area contributed by atoms with Gasteiger partial charge in [0.15, 0.2) is 6.61 Å². The lowest BCUT2D eigenvalue weighted by atomic mass is 9.83. The second-order valence-electron chi connectivity index (χ2n) is 9.09. The molecule has 196 valence electrons. The Kier molecular flexibility index (Phi) is 6.77. The summed E-state index contributed by atoms with van der Waals surface area (Å²) in [7, 11) is 0. The minimum absolute atomic E-state index is 0.0866. The Morgan fingerprint density at radius 1 is 1.03 bits per heavy atom. The van der Waals surface area contributed by atoms with Gasteiger partial charge in [-0.1, -0.05) is 46.8 Å². The van der Waals surface area contributed by atoms with Crippen LogP contribution in [0, 0.1) is 5.92 Å². The van der Waals surface area contributed by atoms with Crippen molar-refractivity contribution in [2.75, 3.05) is 37.8 Å². The van der Waals surface area contributed by atoms with Crippen LogP contribution >= 0.6 is 34.7 Å². The molecule has 38 heavy (non-hydrogen) atoms. The van der Waals surface area contributed by atoms with Gasteiger partial charge in [-0.3, -0.25) is 19.2 Å². The van der Waals surface area contributed by atoms with Crippen LogP contribution in [-0.4, -0.2) is 65.8 Å². The number of aromatic amines is 1. The van der Waals surface area contributed by atoms with Crippen LogP contribution in [0.25, 0.3) is 0 Å². The minimum atomic E-state index is -0.684. The molecule has 0 radical (unpaired) electrons. The lowest BCUT2D eigenvalue weighted by Gasteiger charge is -2.30. The highest BCUT2D eigenvalue weighted by Crippen LogP contribution is 2.53. The summed E-state index contributed by atoms with van der Waals surface area (Å²) >= 11 is 8.29. The third-order valence-corrected chi connectivity index (χ3v) is 9.53. The second kappa shape index (κ2) is 10.2. The summed E-state index contributed by atoms with van der Waals surface area (Å²) in [4.78, 5) is 58.1. The van der Waals surface area contributed by atoms with E-state index in [1.807, 2.05) is 12.1 Å². The van der Waals surface area contributed by atoms with E-state index in [1.165, 1.54) is 16.7 Å². The molecule has 0 spiro atoms. The maximum absolute atomic E-state index is 13.7. The highest BCUT2D eigenvalue weighted by molar-refractivity contribution is 8.00. The van der Waals surface area contributed by atoms with Gasteiger partial charge in [0, 0.05) is 28.9 Å². The number of benzene rings is 2. The standard InChI is InChI=1S/C26H22ClN3O6S2/c27-15-3-5-16(6-4-15)30-24(32)20-19(21-23(28-26(34)38-21)37-22(20)25(30)33)14-1-7-17(8-2-14)36-13-18(31)29-9-11-35-12-10-29/h1-8,19-20,22H,9-13H2,(H,28,34)/t19-,20-,22+/m0/s1. The molecule has 6 rings (SSSR count). The third-order valence-electron chi connectivity index (χ3n) is 6.87. The van der Waals surface area contributed by atoms with Crippen LogP contribution in [0.15, 0.2) is 58.4 Å². The van der Waals surface area contributed by atoms with Gasteiger partial charge in [0.1, 0.15) is 11.0 Å². The van der Waals surface area contributed by atoms with Crippen LogP contribution in [0.3, 0.4) is 0 Å². The van der Waals surface area contributed by atoms with Crippen LogP contribution in [0.1, 0.15) is 16.4 Å². The number of aromatic nitrogens is 1. The molecule has 0 unspecified atom stereocenters. The average molecular weight is 572 g/mol. The number of anilines is 1. The van der Waals surface area contributed by atoms with Crippen molar-refractivity contribution < 1.29 is 23.9 Å². The van der Waals surface area contributed by atoms with Gasteiger partial charge >= 0.3 is 4.87 Å². The van der Waals surface area contributed by atoms with Crippen molar-refractivity contribution in [2.24, 2.45) is 5.92 Å². The molecule has 4 heterocycles. The zero-order chi connectivity index (χ0) is 26.4. The molecule has 2 fully saturated rings. The number of nitrogens with one attached hydrogen (secondary N) is 1. The quantitative estimate of drug-likeness (QED) is 0.469. The fourth-order valence-electron chi connectivity index (χ4n) is 5.04. The number of halogens is 1. The second-order valence-corrected chi connectivity index (χ2v) is 11.7. The summed E-state index contributed by atoms with van der Waals surface area (Å²) in [5, 5.41) is 0.441. The van der Waals surface area contributed by atoms with Crippen molar-refractivity contribution in [3.05, 3.63) is 73.7 Å². The van der Waals surface area contributed by atoms with Gasteiger partial charge < -0.3 is 19.4 Å². The predicted octanol–water partition coefficient (Wildman–Crippen LogP) is 3.12. The third kappa shape index (κ3) is 4.53. The first kappa shape index (κ1) is 25.2. The molecule has 1 aromatic heterocycles. The first-order valence-electron chi connectivity index (χ1n) is 12.0. The van der Waals surface area contributed by atoms with Crippen molar-refractivity contribution in [2.45, 2.75) is 16.2 Å². The van der Waals surface area contributed by atoms with Crippen molar-refractivity contribution in [1.82, 2.24) is 9.88 Å². The number of amides is 3. The molecule has 3 aromatic rings. The molecule has 9 nitrogen and oxygen atoms in total. The highest BCUT2D eigenvalue weighted by atomic mass is 35.5. The van der Waals surface area contributed by atoms with Crippen molar-refractivity contribution in [1.29, 1.82) is 0 Å². The van der Waals surface area contributed by atoms with Crippen LogP contribution in [-0.2, 0) is 19.1 Å². The van der Waals surface area contributed by atoms with E-state index in [-0.39, 0.29) is 29.2 Å². The Morgan fingerprint density at radius 2 is 1.74 bits per heavy atom. The van der Waals surface area contributed by atoms with Crippen LogP contribution in [0.4, 0.5) is 5.69 Å². The number of fused-ring (bicyclic) bond motifs is 2. The molecule has 0 saturated carbocycles. The summed E-state index contributed by atoms with van der Waals surface area (Å²) < 4.78 is 11.0. The number of hydrogen-bond acceptors (Lipinski definition) is 8. The number of rotatable bonds is 5. The first-order valence-corrected chi connectivity index (χ1v) is 14.1. The van der Waals surface area contributed by atoms with Gasteiger partial charge in [0.25, 0.3) is 5.91 Å². The van der Waals surface area contributed by atoms with Gasteiger partial charge in [0.05, 0.1) is 29.8 Å². The molecular weight excluding hydrogens is 550 g/mol. The van der Waals surface area contributed by atoms with Gasteiger partial charge in [-0.2, -0.15) is 0 Å². The number of H-pyrrole nitrogens is 1. The van der Waals surface area contributed by atoms with Crippen molar-refractivity contribution in [3.8, 4) is 5.75 Å². The lowest BCUT2D eigenvalue weighted by molar-refractivity contribution is -0.137. The van der Waals surface area contributed by atoms with Crippen LogP contribution in [0.2, 0.25) is 5.02 Å².